The third-order valence-electron chi connectivity index (χ3n) is 4.09. The van der Waals surface area contributed by atoms with Gasteiger partial charge in [-0.2, -0.15) is 0 Å². The van der Waals surface area contributed by atoms with E-state index < -0.39 is 5.63 Å². The first-order valence-electron chi connectivity index (χ1n) is 8.03. The summed E-state index contributed by atoms with van der Waals surface area (Å²) in [6.07, 6.45) is 0.255. The number of methoxy groups -OCH3 is 1. The second kappa shape index (κ2) is 8.01. The molecule has 1 aromatic carbocycles. The number of ether oxygens (including phenoxy) is 1. The number of rotatable bonds is 7. The molecule has 0 bridgehead atoms. The normalized spacial score (nSPS) is 11.0. The van der Waals surface area contributed by atoms with Crippen LogP contribution in [0.5, 0.6) is 11.5 Å². The minimum absolute atomic E-state index is 0.0592. The van der Waals surface area contributed by atoms with E-state index in [1.165, 1.54) is 13.2 Å². The van der Waals surface area contributed by atoms with Crippen LogP contribution in [0.15, 0.2) is 15.3 Å². The van der Waals surface area contributed by atoms with E-state index in [0.29, 0.717) is 30.3 Å². The standard InChI is InChI=1S/C18H22N2O6/c1-10-11(7-15(23)19-5-6-20(2)3)18(24)26-17-12(9-21)13(22)8-14(25-4)16(10)17/h8-9,22H,5-7H2,1-4H3,(H,19,23). The Morgan fingerprint density at radius 1 is 1.42 bits per heavy atom. The van der Waals surface area contributed by atoms with Gasteiger partial charge in [-0.05, 0) is 26.6 Å². The molecule has 8 nitrogen and oxygen atoms in total. The van der Waals surface area contributed by atoms with Crippen molar-refractivity contribution in [3.8, 4) is 11.5 Å². The molecule has 0 saturated heterocycles. The smallest absolute Gasteiger partial charge is 0.340 e. The van der Waals surface area contributed by atoms with E-state index in [4.69, 9.17) is 9.15 Å². The van der Waals surface area contributed by atoms with Gasteiger partial charge in [-0.3, -0.25) is 9.59 Å². The van der Waals surface area contributed by atoms with E-state index in [1.54, 1.807) is 6.92 Å². The van der Waals surface area contributed by atoms with Crippen LogP contribution < -0.4 is 15.7 Å². The van der Waals surface area contributed by atoms with Gasteiger partial charge in [0.15, 0.2) is 11.9 Å². The molecule has 1 aromatic heterocycles. The van der Waals surface area contributed by atoms with Crippen molar-refractivity contribution >= 4 is 23.2 Å². The number of phenols is 1. The number of likely N-dealkylation sites (N-methyl/N-ethyl adjacent to an activating group) is 1. The lowest BCUT2D eigenvalue weighted by Crippen LogP contribution is -2.33. The van der Waals surface area contributed by atoms with E-state index in [0.717, 1.165) is 0 Å². The lowest BCUT2D eigenvalue weighted by atomic mass is 10.00. The second-order valence-corrected chi connectivity index (χ2v) is 6.16. The Hall–Kier alpha value is -2.87. The summed E-state index contributed by atoms with van der Waals surface area (Å²) in [4.78, 5) is 37.7. The zero-order valence-corrected chi connectivity index (χ0v) is 15.2. The van der Waals surface area contributed by atoms with Crippen LogP contribution in [-0.2, 0) is 11.2 Å². The third kappa shape index (κ3) is 3.85. The average molecular weight is 362 g/mol. The van der Waals surface area contributed by atoms with E-state index >= 15 is 0 Å². The van der Waals surface area contributed by atoms with Gasteiger partial charge in [-0.1, -0.05) is 0 Å². The maximum absolute atomic E-state index is 12.4. The largest absolute Gasteiger partial charge is 0.507 e. The van der Waals surface area contributed by atoms with Crippen molar-refractivity contribution in [1.29, 1.82) is 0 Å². The topological polar surface area (TPSA) is 109 Å². The third-order valence-corrected chi connectivity index (χ3v) is 4.09. The summed E-state index contributed by atoms with van der Waals surface area (Å²) in [6, 6.07) is 1.28. The molecule has 1 heterocycles. The Morgan fingerprint density at radius 2 is 2.12 bits per heavy atom. The fraction of sp³-hybridized carbons (Fsp3) is 0.389. The summed E-state index contributed by atoms with van der Waals surface area (Å²) in [5, 5.41) is 13.0. The molecule has 0 atom stereocenters. The van der Waals surface area contributed by atoms with Crippen LogP contribution in [0.1, 0.15) is 21.5 Å². The number of aryl methyl sites for hydroxylation is 1. The average Bonchev–Trinajstić information content (AvgIpc) is 2.57. The number of carbonyl (C=O) groups excluding carboxylic acids is 2. The molecule has 0 spiro atoms. The molecule has 2 rings (SSSR count). The number of phenolic OH excluding ortho intramolecular Hbond substituents is 1. The van der Waals surface area contributed by atoms with Crippen LogP contribution in [0.3, 0.4) is 0 Å². The van der Waals surface area contributed by atoms with Gasteiger partial charge in [0.25, 0.3) is 0 Å². The van der Waals surface area contributed by atoms with Crippen LogP contribution in [-0.4, -0.2) is 56.5 Å². The fourth-order valence-electron chi connectivity index (χ4n) is 2.68. The van der Waals surface area contributed by atoms with Gasteiger partial charge in [0.2, 0.25) is 5.91 Å². The Balaban J connectivity index is 2.49. The summed E-state index contributed by atoms with van der Waals surface area (Å²) >= 11 is 0. The highest BCUT2D eigenvalue weighted by molar-refractivity contribution is 6.02. The van der Waals surface area contributed by atoms with Crippen LogP contribution >= 0.6 is 0 Å². The second-order valence-electron chi connectivity index (χ2n) is 6.16. The number of hydrogen-bond donors (Lipinski definition) is 2. The number of aromatic hydroxyl groups is 1. The highest BCUT2D eigenvalue weighted by atomic mass is 16.5. The van der Waals surface area contributed by atoms with Crippen molar-refractivity contribution in [2.75, 3.05) is 34.3 Å². The maximum Gasteiger partial charge on any atom is 0.340 e. The minimum Gasteiger partial charge on any atom is -0.507 e. The Bertz CT molecular complexity index is 901. The van der Waals surface area contributed by atoms with Crippen molar-refractivity contribution in [2.45, 2.75) is 13.3 Å². The minimum atomic E-state index is -0.728. The number of aldehydes is 1. The number of hydrogen-bond acceptors (Lipinski definition) is 7. The van der Waals surface area contributed by atoms with Crippen molar-refractivity contribution in [3.05, 3.63) is 33.2 Å². The van der Waals surface area contributed by atoms with E-state index in [-0.39, 0.29) is 40.5 Å². The molecule has 0 radical (unpaired) electrons. The van der Waals surface area contributed by atoms with Crippen molar-refractivity contribution in [1.82, 2.24) is 10.2 Å². The van der Waals surface area contributed by atoms with Crippen LogP contribution in [0, 0.1) is 6.92 Å². The summed E-state index contributed by atoms with van der Waals surface area (Å²) in [6.45, 7) is 2.78. The first-order chi connectivity index (χ1) is 12.3. The van der Waals surface area contributed by atoms with Gasteiger partial charge in [0, 0.05) is 19.2 Å². The van der Waals surface area contributed by atoms with Gasteiger partial charge >= 0.3 is 5.63 Å². The molecule has 2 N–H and O–H groups in total. The van der Waals surface area contributed by atoms with Crippen molar-refractivity contribution in [3.63, 3.8) is 0 Å². The van der Waals surface area contributed by atoms with Crippen LogP contribution in [0.2, 0.25) is 0 Å². The summed E-state index contributed by atoms with van der Waals surface area (Å²) < 4.78 is 10.5. The summed E-state index contributed by atoms with van der Waals surface area (Å²) in [5.41, 5.74) is -0.271. The Morgan fingerprint density at radius 3 is 2.69 bits per heavy atom. The summed E-state index contributed by atoms with van der Waals surface area (Å²) in [7, 11) is 5.17. The SMILES string of the molecule is COc1cc(O)c(C=O)c2oc(=O)c(CC(=O)NCCN(C)C)c(C)c12. The first-order valence-corrected chi connectivity index (χ1v) is 8.03. The van der Waals surface area contributed by atoms with Gasteiger partial charge < -0.3 is 24.5 Å². The number of amides is 1. The molecule has 0 aliphatic rings. The molecule has 0 unspecified atom stereocenters. The van der Waals surface area contributed by atoms with E-state index in [9.17, 15) is 19.5 Å². The van der Waals surface area contributed by atoms with Gasteiger partial charge in [-0.25, -0.2) is 4.79 Å². The molecule has 0 aliphatic carbocycles. The molecule has 8 heteroatoms. The number of fused-ring (bicyclic) bond motifs is 1. The van der Waals surface area contributed by atoms with Gasteiger partial charge in [-0.15, -0.1) is 0 Å². The molecule has 0 saturated carbocycles. The van der Waals surface area contributed by atoms with Crippen LogP contribution in [0.4, 0.5) is 0 Å². The number of carbonyl (C=O) groups is 2. The maximum atomic E-state index is 12.4. The zero-order valence-electron chi connectivity index (χ0n) is 15.2. The predicted molar refractivity (Wildman–Crippen MR) is 96.1 cm³/mol. The molecule has 2 aromatic rings. The quantitative estimate of drug-likeness (QED) is 0.555. The van der Waals surface area contributed by atoms with E-state index in [2.05, 4.69) is 5.32 Å². The molecule has 26 heavy (non-hydrogen) atoms. The van der Waals surface area contributed by atoms with Crippen molar-refractivity contribution < 1.29 is 23.8 Å². The van der Waals surface area contributed by atoms with Gasteiger partial charge in [0.1, 0.15) is 11.5 Å². The lowest BCUT2D eigenvalue weighted by molar-refractivity contribution is -0.120. The Kier molecular flexibility index (Phi) is 5.99. The van der Waals surface area contributed by atoms with Crippen molar-refractivity contribution in [2.24, 2.45) is 0 Å². The number of nitrogens with one attached hydrogen (secondary N) is 1. The molecule has 1 amide bonds. The first kappa shape index (κ1) is 19.5. The van der Waals surface area contributed by atoms with Gasteiger partial charge in [0.05, 0.1) is 30.0 Å². The molecule has 0 aliphatic heterocycles. The molecular weight excluding hydrogens is 340 g/mol. The fourth-order valence-corrected chi connectivity index (χ4v) is 2.68. The summed E-state index contributed by atoms with van der Waals surface area (Å²) in [5.74, 6) is -0.408. The molecule has 140 valence electrons. The highest BCUT2D eigenvalue weighted by Crippen LogP contribution is 2.36. The Labute approximate surface area is 150 Å². The molecular formula is C18H22N2O6. The predicted octanol–water partition coefficient (Wildman–Crippen LogP) is 0.848. The van der Waals surface area contributed by atoms with Crippen LogP contribution in [0.25, 0.3) is 11.0 Å². The zero-order chi connectivity index (χ0) is 19.4. The monoisotopic (exact) mass is 362 g/mol. The van der Waals surface area contributed by atoms with E-state index in [1.807, 2.05) is 19.0 Å². The highest BCUT2D eigenvalue weighted by Gasteiger charge is 2.21. The lowest BCUT2D eigenvalue weighted by Gasteiger charge is -2.14. The number of nitrogens with zero attached hydrogens (tertiary/aromatic N) is 1. The molecule has 0 fully saturated rings. The number of benzene rings is 1.